The number of hydrogen-bond acceptors (Lipinski definition) is 7. The van der Waals surface area contributed by atoms with E-state index < -0.39 is 0 Å². The maximum absolute atomic E-state index is 13.0. The number of nitrogens with zero attached hydrogens (tertiary/aromatic N) is 4. The summed E-state index contributed by atoms with van der Waals surface area (Å²) in [5.41, 5.74) is 0.780. The Hall–Kier alpha value is -2.65. The molecule has 3 aromatic rings. The van der Waals surface area contributed by atoms with Crippen molar-refractivity contribution in [1.82, 2.24) is 19.9 Å². The van der Waals surface area contributed by atoms with E-state index in [-0.39, 0.29) is 12.5 Å². The predicted molar refractivity (Wildman–Crippen MR) is 134 cm³/mol. The van der Waals surface area contributed by atoms with Crippen molar-refractivity contribution in [2.45, 2.75) is 12.8 Å². The summed E-state index contributed by atoms with van der Waals surface area (Å²) in [7, 11) is 0. The van der Waals surface area contributed by atoms with Crippen molar-refractivity contribution in [3.05, 3.63) is 64.5 Å². The third-order valence-corrected chi connectivity index (χ3v) is 6.17. The molecule has 8 nitrogen and oxygen atoms in total. The van der Waals surface area contributed by atoms with E-state index in [4.69, 9.17) is 37.2 Å². The average Bonchev–Trinajstić information content (AvgIpc) is 3.35. The van der Waals surface area contributed by atoms with Crippen LogP contribution in [0.2, 0.25) is 10.0 Å². The first kappa shape index (κ1) is 25.4. The first-order chi connectivity index (χ1) is 17.1. The number of halogens is 2. The van der Waals surface area contributed by atoms with Gasteiger partial charge < -0.3 is 18.9 Å². The van der Waals surface area contributed by atoms with Crippen LogP contribution in [0, 0.1) is 0 Å². The molecule has 35 heavy (non-hydrogen) atoms. The van der Waals surface area contributed by atoms with Crippen molar-refractivity contribution >= 4 is 29.1 Å². The fourth-order valence-corrected chi connectivity index (χ4v) is 4.09. The summed E-state index contributed by atoms with van der Waals surface area (Å²) < 4.78 is 16.5. The highest BCUT2D eigenvalue weighted by atomic mass is 35.5. The second kappa shape index (κ2) is 12.9. The number of morpholine rings is 1. The monoisotopic (exact) mass is 518 g/mol. The Morgan fingerprint density at radius 3 is 2.63 bits per heavy atom. The summed E-state index contributed by atoms with van der Waals surface area (Å²) in [6, 6.07) is 14.2. The van der Waals surface area contributed by atoms with Gasteiger partial charge in [-0.3, -0.25) is 9.69 Å². The summed E-state index contributed by atoms with van der Waals surface area (Å²) in [5, 5.41) is 5.27. The van der Waals surface area contributed by atoms with Crippen LogP contribution in [-0.4, -0.2) is 78.4 Å². The lowest BCUT2D eigenvalue weighted by Crippen LogP contribution is -2.40. The average molecular weight is 519 g/mol. The van der Waals surface area contributed by atoms with E-state index in [2.05, 4.69) is 15.0 Å². The molecule has 0 saturated carbocycles. The number of ether oxygens (including phenoxy) is 2. The summed E-state index contributed by atoms with van der Waals surface area (Å²) in [4.78, 5) is 21.6. The van der Waals surface area contributed by atoms with E-state index in [0.29, 0.717) is 47.0 Å². The standard InChI is InChI=1S/C25H28Cl2N4O4/c26-20-5-7-22(8-6-20)34-18-24(32)31(11-2-10-30-13-15-33-16-14-30)12-9-23-28-25(29-35-23)19-3-1-4-21(27)17-19/h1,3-8,17H,2,9-16,18H2. The van der Waals surface area contributed by atoms with Gasteiger partial charge in [0.25, 0.3) is 5.91 Å². The van der Waals surface area contributed by atoms with Crippen molar-refractivity contribution in [2.24, 2.45) is 0 Å². The van der Waals surface area contributed by atoms with Crippen molar-refractivity contribution < 1.29 is 18.8 Å². The Balaban J connectivity index is 1.34. The highest BCUT2D eigenvalue weighted by Crippen LogP contribution is 2.20. The molecular weight excluding hydrogens is 491 g/mol. The third-order valence-electron chi connectivity index (χ3n) is 5.68. The minimum absolute atomic E-state index is 0.0587. The molecule has 4 rings (SSSR count). The molecule has 1 saturated heterocycles. The van der Waals surface area contributed by atoms with Gasteiger partial charge in [-0.25, -0.2) is 0 Å². The van der Waals surface area contributed by atoms with Crippen LogP contribution in [0.5, 0.6) is 5.75 Å². The summed E-state index contributed by atoms with van der Waals surface area (Å²) in [6.45, 7) is 5.25. The zero-order valence-electron chi connectivity index (χ0n) is 19.4. The molecule has 1 aliphatic rings. The molecule has 0 unspecified atom stereocenters. The van der Waals surface area contributed by atoms with E-state index in [1.54, 1.807) is 41.3 Å². The third kappa shape index (κ3) is 7.93. The van der Waals surface area contributed by atoms with Gasteiger partial charge in [0.1, 0.15) is 5.75 Å². The molecule has 10 heteroatoms. The second-order valence-corrected chi connectivity index (χ2v) is 9.08. The van der Waals surface area contributed by atoms with Gasteiger partial charge >= 0.3 is 0 Å². The lowest BCUT2D eigenvalue weighted by Gasteiger charge is -2.28. The highest BCUT2D eigenvalue weighted by molar-refractivity contribution is 6.31. The van der Waals surface area contributed by atoms with Gasteiger partial charge in [-0.15, -0.1) is 0 Å². The number of amides is 1. The molecule has 186 valence electrons. The van der Waals surface area contributed by atoms with E-state index in [1.807, 2.05) is 12.1 Å². The van der Waals surface area contributed by atoms with Gasteiger partial charge in [0, 0.05) is 54.8 Å². The zero-order valence-corrected chi connectivity index (χ0v) is 20.9. The van der Waals surface area contributed by atoms with Crippen molar-refractivity contribution in [2.75, 3.05) is 52.5 Å². The number of benzene rings is 2. The molecule has 1 fully saturated rings. The maximum Gasteiger partial charge on any atom is 0.260 e. The maximum atomic E-state index is 13.0. The second-order valence-electron chi connectivity index (χ2n) is 8.20. The topological polar surface area (TPSA) is 80.9 Å². The van der Waals surface area contributed by atoms with Crippen LogP contribution in [0.3, 0.4) is 0 Å². The Morgan fingerprint density at radius 1 is 1.06 bits per heavy atom. The minimum atomic E-state index is -0.100. The van der Waals surface area contributed by atoms with Crippen LogP contribution in [0.25, 0.3) is 11.4 Å². The van der Waals surface area contributed by atoms with Crippen LogP contribution >= 0.6 is 23.2 Å². The molecule has 0 aliphatic carbocycles. The van der Waals surface area contributed by atoms with Gasteiger partial charge in [-0.05, 0) is 42.8 Å². The van der Waals surface area contributed by atoms with Gasteiger partial charge in [0.05, 0.1) is 13.2 Å². The van der Waals surface area contributed by atoms with Crippen molar-refractivity contribution in [1.29, 1.82) is 0 Å². The van der Waals surface area contributed by atoms with Gasteiger partial charge in [-0.2, -0.15) is 4.98 Å². The molecule has 1 amide bonds. The molecule has 0 N–H and O–H groups in total. The summed E-state index contributed by atoms with van der Waals surface area (Å²) in [5.74, 6) is 1.43. The lowest BCUT2D eigenvalue weighted by atomic mass is 10.2. The van der Waals surface area contributed by atoms with E-state index >= 15 is 0 Å². The molecule has 0 radical (unpaired) electrons. The smallest absolute Gasteiger partial charge is 0.260 e. The molecular formula is C25H28Cl2N4O4. The largest absolute Gasteiger partial charge is 0.484 e. The molecule has 0 bridgehead atoms. The molecule has 2 heterocycles. The van der Waals surface area contributed by atoms with Crippen molar-refractivity contribution in [3.63, 3.8) is 0 Å². The van der Waals surface area contributed by atoms with Crippen LogP contribution in [-0.2, 0) is 16.0 Å². The lowest BCUT2D eigenvalue weighted by molar-refractivity contribution is -0.133. The Kier molecular flexibility index (Phi) is 9.36. The first-order valence-electron chi connectivity index (χ1n) is 11.6. The predicted octanol–water partition coefficient (Wildman–Crippen LogP) is 4.22. The molecule has 0 spiro atoms. The molecule has 2 aromatic carbocycles. The van der Waals surface area contributed by atoms with Crippen molar-refractivity contribution in [3.8, 4) is 17.1 Å². The fraction of sp³-hybridized carbons (Fsp3) is 0.400. The Labute approximate surface area is 214 Å². The summed E-state index contributed by atoms with van der Waals surface area (Å²) in [6.07, 6.45) is 1.29. The number of aromatic nitrogens is 2. The van der Waals surface area contributed by atoms with E-state index in [0.717, 1.165) is 44.8 Å². The highest BCUT2D eigenvalue weighted by Gasteiger charge is 2.18. The Morgan fingerprint density at radius 2 is 1.86 bits per heavy atom. The van der Waals surface area contributed by atoms with Crippen LogP contribution in [0.15, 0.2) is 53.1 Å². The van der Waals surface area contributed by atoms with E-state index in [1.165, 1.54) is 0 Å². The quantitative estimate of drug-likeness (QED) is 0.375. The number of hydrogen-bond donors (Lipinski definition) is 0. The molecule has 0 atom stereocenters. The van der Waals surface area contributed by atoms with Crippen LogP contribution in [0.4, 0.5) is 0 Å². The van der Waals surface area contributed by atoms with Gasteiger partial charge in [0.2, 0.25) is 11.7 Å². The Bertz CT molecular complexity index is 1090. The molecule has 1 aromatic heterocycles. The van der Waals surface area contributed by atoms with E-state index in [9.17, 15) is 4.79 Å². The van der Waals surface area contributed by atoms with Crippen LogP contribution in [0.1, 0.15) is 12.3 Å². The van der Waals surface area contributed by atoms with Crippen LogP contribution < -0.4 is 4.74 Å². The SMILES string of the molecule is O=C(COc1ccc(Cl)cc1)N(CCCN1CCOCC1)CCc1nc(-c2cccc(Cl)c2)no1. The summed E-state index contributed by atoms with van der Waals surface area (Å²) >= 11 is 12.0. The number of carbonyl (C=O) groups excluding carboxylic acids is 1. The van der Waals surface area contributed by atoms with Gasteiger partial charge in [0.15, 0.2) is 6.61 Å². The zero-order chi connectivity index (χ0) is 24.5. The molecule has 1 aliphatic heterocycles. The normalized spacial score (nSPS) is 14.1. The number of rotatable bonds is 11. The number of carbonyl (C=O) groups is 1. The first-order valence-corrected chi connectivity index (χ1v) is 12.4. The fourth-order valence-electron chi connectivity index (χ4n) is 3.77. The minimum Gasteiger partial charge on any atom is -0.484 e. The van der Waals surface area contributed by atoms with Gasteiger partial charge in [-0.1, -0.05) is 40.5 Å².